The number of carbonyl (C=O) groups is 2. The highest BCUT2D eigenvalue weighted by Crippen LogP contribution is 2.55. The standard InChI is InChI=1S/C23H21BrClNO3/c1-14(27)15-5-6-16-12-20(24)22(19(16)11-15)7-9-23(10-8-22,21(28)29)26-18-4-2-3-17(25)13-18/h2-6,11-13,26H,7-10H2,1H3,(H,28,29). The Kier molecular flexibility index (Phi) is 5.07. The molecule has 2 aliphatic carbocycles. The van der Waals surface area contributed by atoms with E-state index >= 15 is 0 Å². The quantitative estimate of drug-likeness (QED) is 0.530. The zero-order valence-corrected chi connectivity index (χ0v) is 18.3. The first kappa shape index (κ1) is 20.2. The van der Waals surface area contributed by atoms with Crippen molar-refractivity contribution in [1.82, 2.24) is 0 Å². The van der Waals surface area contributed by atoms with E-state index in [0.29, 0.717) is 42.0 Å². The third-order valence-corrected chi connectivity index (χ3v) is 7.51. The van der Waals surface area contributed by atoms with Gasteiger partial charge in [0.15, 0.2) is 5.78 Å². The van der Waals surface area contributed by atoms with E-state index in [2.05, 4.69) is 27.3 Å². The molecule has 2 N–H and O–H groups in total. The minimum Gasteiger partial charge on any atom is -0.480 e. The number of fused-ring (bicyclic) bond motifs is 2. The smallest absolute Gasteiger partial charge is 0.329 e. The molecule has 2 aromatic carbocycles. The second-order valence-corrected chi connectivity index (χ2v) is 9.25. The summed E-state index contributed by atoms with van der Waals surface area (Å²) in [5, 5.41) is 13.9. The lowest BCUT2D eigenvalue weighted by atomic mass is 9.65. The van der Waals surface area contributed by atoms with Gasteiger partial charge in [0.1, 0.15) is 5.54 Å². The minimum absolute atomic E-state index is 0.0317. The highest BCUT2D eigenvalue weighted by Gasteiger charge is 2.51. The lowest BCUT2D eigenvalue weighted by molar-refractivity contribution is -0.143. The molecule has 2 aromatic rings. The van der Waals surface area contributed by atoms with E-state index in [4.69, 9.17) is 11.6 Å². The van der Waals surface area contributed by atoms with Gasteiger partial charge >= 0.3 is 5.97 Å². The van der Waals surface area contributed by atoms with Crippen LogP contribution in [-0.2, 0) is 10.2 Å². The number of ketones is 1. The fourth-order valence-electron chi connectivity index (χ4n) is 4.57. The molecule has 0 aromatic heterocycles. The van der Waals surface area contributed by atoms with Gasteiger partial charge in [0.25, 0.3) is 0 Å². The van der Waals surface area contributed by atoms with Crippen LogP contribution in [0.4, 0.5) is 5.69 Å². The molecule has 0 saturated heterocycles. The van der Waals surface area contributed by atoms with Crippen molar-refractivity contribution >= 4 is 51.0 Å². The second-order valence-electron chi connectivity index (χ2n) is 7.96. The third kappa shape index (κ3) is 3.40. The van der Waals surface area contributed by atoms with Crippen molar-refractivity contribution < 1.29 is 14.7 Å². The van der Waals surface area contributed by atoms with Crippen LogP contribution in [0.3, 0.4) is 0 Å². The van der Waals surface area contributed by atoms with Gasteiger partial charge in [-0.1, -0.05) is 45.7 Å². The summed E-state index contributed by atoms with van der Waals surface area (Å²) in [5.74, 6) is -0.826. The number of aliphatic carboxylic acids is 1. The van der Waals surface area contributed by atoms with Gasteiger partial charge in [0.2, 0.25) is 0 Å². The molecule has 4 rings (SSSR count). The van der Waals surface area contributed by atoms with Crippen LogP contribution in [0.5, 0.6) is 0 Å². The summed E-state index contributed by atoms with van der Waals surface area (Å²) in [6.45, 7) is 1.57. The first-order valence-corrected chi connectivity index (χ1v) is 10.7. The van der Waals surface area contributed by atoms with Crippen molar-refractivity contribution in [2.75, 3.05) is 5.32 Å². The fraction of sp³-hybridized carbons (Fsp3) is 0.304. The largest absolute Gasteiger partial charge is 0.480 e. The Balaban J connectivity index is 1.66. The van der Waals surface area contributed by atoms with Crippen molar-refractivity contribution in [3.63, 3.8) is 0 Å². The molecule has 0 heterocycles. The molecule has 150 valence electrons. The summed E-state index contributed by atoms with van der Waals surface area (Å²) in [5.41, 5.74) is 2.26. The number of rotatable bonds is 4. The fourth-order valence-corrected chi connectivity index (χ4v) is 5.61. The zero-order chi connectivity index (χ0) is 20.8. The molecular weight excluding hydrogens is 454 g/mol. The summed E-state index contributed by atoms with van der Waals surface area (Å²) < 4.78 is 1.06. The first-order valence-electron chi connectivity index (χ1n) is 9.56. The van der Waals surface area contributed by atoms with E-state index in [1.54, 1.807) is 25.1 Å². The van der Waals surface area contributed by atoms with Crippen molar-refractivity contribution in [2.45, 2.75) is 43.6 Å². The Morgan fingerprint density at radius 2 is 1.83 bits per heavy atom. The van der Waals surface area contributed by atoms with E-state index in [0.717, 1.165) is 15.6 Å². The number of anilines is 1. The van der Waals surface area contributed by atoms with Gasteiger partial charge in [-0.05, 0) is 74.1 Å². The number of halogens is 2. The summed E-state index contributed by atoms with van der Waals surface area (Å²) >= 11 is 9.81. The maximum absolute atomic E-state index is 12.3. The third-order valence-electron chi connectivity index (χ3n) is 6.29. The van der Waals surface area contributed by atoms with Crippen LogP contribution >= 0.6 is 27.5 Å². The molecule has 0 atom stereocenters. The normalized spacial score (nSPS) is 25.4. The van der Waals surface area contributed by atoms with Gasteiger partial charge in [0.05, 0.1) is 0 Å². The maximum Gasteiger partial charge on any atom is 0.329 e. The van der Waals surface area contributed by atoms with E-state index in [-0.39, 0.29) is 11.2 Å². The summed E-state index contributed by atoms with van der Waals surface area (Å²) in [6, 6.07) is 12.9. The number of nitrogens with one attached hydrogen (secondary N) is 1. The van der Waals surface area contributed by atoms with Gasteiger partial charge in [-0.2, -0.15) is 0 Å². The zero-order valence-electron chi connectivity index (χ0n) is 16.0. The van der Waals surface area contributed by atoms with Crippen LogP contribution in [0.15, 0.2) is 46.9 Å². The SMILES string of the molecule is CC(=O)c1ccc2c(c1)C1(CCC(Nc3cccc(Cl)c3)(C(=O)O)CC1)C(Br)=C2. The second kappa shape index (κ2) is 7.29. The molecule has 0 unspecified atom stereocenters. The molecule has 1 spiro atoms. The predicted molar refractivity (Wildman–Crippen MR) is 119 cm³/mol. The molecule has 29 heavy (non-hydrogen) atoms. The van der Waals surface area contributed by atoms with Gasteiger partial charge in [-0.25, -0.2) is 4.79 Å². The Labute approximate surface area is 183 Å². The minimum atomic E-state index is -1.05. The number of hydrogen-bond donors (Lipinski definition) is 2. The average Bonchev–Trinajstić information content (AvgIpc) is 2.94. The van der Waals surface area contributed by atoms with Crippen molar-refractivity contribution in [3.05, 3.63) is 68.7 Å². The molecule has 1 saturated carbocycles. The van der Waals surface area contributed by atoms with Gasteiger partial charge in [0, 0.05) is 26.2 Å². The van der Waals surface area contributed by atoms with Crippen molar-refractivity contribution in [3.8, 4) is 0 Å². The first-order chi connectivity index (χ1) is 13.8. The van der Waals surface area contributed by atoms with Crippen LogP contribution in [0.2, 0.25) is 5.02 Å². The average molecular weight is 475 g/mol. The molecule has 2 aliphatic rings. The number of allylic oxidation sites excluding steroid dienone is 1. The highest BCUT2D eigenvalue weighted by molar-refractivity contribution is 9.11. The number of benzene rings is 2. The van der Waals surface area contributed by atoms with Gasteiger partial charge in [-0.3, -0.25) is 4.79 Å². The van der Waals surface area contributed by atoms with E-state index in [1.807, 2.05) is 24.3 Å². The number of carboxylic acid groups (broad SMARTS) is 1. The van der Waals surface area contributed by atoms with E-state index < -0.39 is 11.5 Å². The van der Waals surface area contributed by atoms with Crippen LogP contribution in [0.1, 0.15) is 54.1 Å². The topological polar surface area (TPSA) is 66.4 Å². The maximum atomic E-state index is 12.3. The summed E-state index contributed by atoms with van der Waals surface area (Å²) in [4.78, 5) is 24.2. The lowest BCUT2D eigenvalue weighted by Crippen LogP contribution is -2.52. The molecule has 0 bridgehead atoms. The molecule has 1 fully saturated rings. The van der Waals surface area contributed by atoms with Gasteiger partial charge in [-0.15, -0.1) is 0 Å². The number of carbonyl (C=O) groups excluding carboxylic acids is 1. The molecule has 4 nitrogen and oxygen atoms in total. The Bertz CT molecular complexity index is 1040. The molecule has 0 aliphatic heterocycles. The van der Waals surface area contributed by atoms with Gasteiger partial charge < -0.3 is 10.4 Å². The number of Topliss-reactive ketones (excluding diaryl/α,β-unsaturated/α-hetero) is 1. The molecule has 0 radical (unpaired) electrons. The van der Waals surface area contributed by atoms with Crippen molar-refractivity contribution in [2.24, 2.45) is 0 Å². The molecular formula is C23H21BrClNO3. The highest BCUT2D eigenvalue weighted by atomic mass is 79.9. The van der Waals surface area contributed by atoms with Crippen LogP contribution in [0.25, 0.3) is 6.08 Å². The number of hydrogen-bond acceptors (Lipinski definition) is 3. The van der Waals surface area contributed by atoms with Crippen LogP contribution < -0.4 is 5.32 Å². The van der Waals surface area contributed by atoms with E-state index in [1.165, 1.54) is 0 Å². The van der Waals surface area contributed by atoms with Crippen molar-refractivity contribution in [1.29, 1.82) is 0 Å². The summed E-state index contributed by atoms with van der Waals surface area (Å²) in [7, 11) is 0. The lowest BCUT2D eigenvalue weighted by Gasteiger charge is -2.44. The Morgan fingerprint density at radius 1 is 1.10 bits per heavy atom. The predicted octanol–water partition coefficient (Wildman–Crippen LogP) is 6.04. The monoisotopic (exact) mass is 473 g/mol. The summed E-state index contributed by atoms with van der Waals surface area (Å²) in [6.07, 6.45) is 4.34. The number of carboxylic acids is 1. The molecule has 0 amide bonds. The Hall–Kier alpha value is -2.11. The van der Waals surface area contributed by atoms with Crippen LogP contribution in [0, 0.1) is 0 Å². The Morgan fingerprint density at radius 3 is 2.45 bits per heavy atom. The molecule has 6 heteroatoms. The van der Waals surface area contributed by atoms with Crippen LogP contribution in [-0.4, -0.2) is 22.4 Å². The van der Waals surface area contributed by atoms with E-state index in [9.17, 15) is 14.7 Å².